The molecule has 2 rings (SSSR count). The van der Waals surface area contributed by atoms with Crippen molar-refractivity contribution < 1.29 is 19.1 Å². The van der Waals surface area contributed by atoms with Crippen LogP contribution < -0.4 is 0 Å². The molecular weight excluding hydrogens is 212 g/mol. The maximum atomic E-state index is 10.5. The van der Waals surface area contributed by atoms with E-state index in [0.717, 1.165) is 19.4 Å². The Labute approximate surface area is 92.6 Å². The fourth-order valence-electron chi connectivity index (χ4n) is 1.80. The molecule has 0 spiro atoms. The molecule has 0 amide bonds. The molecule has 88 valence electrons. The summed E-state index contributed by atoms with van der Waals surface area (Å²) in [7, 11) is 0. The summed E-state index contributed by atoms with van der Waals surface area (Å²) in [4.78, 5) is 10.5. The first-order chi connectivity index (χ1) is 7.60. The quantitative estimate of drug-likeness (QED) is 0.819. The van der Waals surface area contributed by atoms with Crippen LogP contribution in [0.5, 0.6) is 0 Å². The fraction of sp³-hybridized carbons (Fsp3) is 0.700. The molecule has 0 aromatic carbocycles. The van der Waals surface area contributed by atoms with Gasteiger partial charge in [-0.2, -0.15) is 0 Å². The fourth-order valence-corrected chi connectivity index (χ4v) is 1.80. The highest BCUT2D eigenvalue weighted by Crippen LogP contribution is 2.31. The summed E-state index contributed by atoms with van der Waals surface area (Å²) in [5.41, 5.74) is -0.276. The summed E-state index contributed by atoms with van der Waals surface area (Å²) in [5.74, 6) is -0.349. The summed E-state index contributed by atoms with van der Waals surface area (Å²) in [5, 5.41) is 16.2. The van der Waals surface area contributed by atoms with Crippen molar-refractivity contribution in [3.63, 3.8) is 0 Å². The molecule has 0 bridgehead atoms. The number of carboxylic acids is 1. The molecule has 1 atom stereocenters. The number of ether oxygens (including phenoxy) is 1. The van der Waals surface area contributed by atoms with E-state index in [0.29, 0.717) is 12.5 Å². The second kappa shape index (κ2) is 4.21. The van der Waals surface area contributed by atoms with Gasteiger partial charge in [0, 0.05) is 6.61 Å². The Hall–Kier alpha value is -1.43. The van der Waals surface area contributed by atoms with Gasteiger partial charge in [0.1, 0.15) is 6.42 Å². The summed E-state index contributed by atoms with van der Waals surface area (Å²) in [6, 6.07) is 0. The molecule has 16 heavy (non-hydrogen) atoms. The zero-order valence-electron chi connectivity index (χ0n) is 9.10. The lowest BCUT2D eigenvalue weighted by Crippen LogP contribution is -2.33. The Morgan fingerprint density at radius 2 is 2.38 bits per heavy atom. The molecule has 0 saturated carbocycles. The SMILES string of the molecule is CC1(c2nnc(CC(=O)O)o2)CCCOC1. The minimum atomic E-state index is -0.972. The van der Waals surface area contributed by atoms with Crippen LogP contribution in [0.1, 0.15) is 31.5 Å². The van der Waals surface area contributed by atoms with Crippen LogP contribution >= 0.6 is 0 Å². The van der Waals surface area contributed by atoms with Crippen molar-refractivity contribution in [2.24, 2.45) is 0 Å². The highest BCUT2D eigenvalue weighted by molar-refractivity contribution is 5.68. The van der Waals surface area contributed by atoms with Gasteiger partial charge in [0.15, 0.2) is 0 Å². The average molecular weight is 226 g/mol. The lowest BCUT2D eigenvalue weighted by Gasteiger charge is -2.29. The highest BCUT2D eigenvalue weighted by Gasteiger charge is 2.35. The third kappa shape index (κ3) is 2.21. The van der Waals surface area contributed by atoms with Crippen molar-refractivity contribution in [2.75, 3.05) is 13.2 Å². The number of carbonyl (C=O) groups is 1. The molecule has 1 fully saturated rings. The van der Waals surface area contributed by atoms with Gasteiger partial charge in [0.05, 0.1) is 12.0 Å². The molecule has 6 heteroatoms. The van der Waals surface area contributed by atoms with E-state index in [2.05, 4.69) is 10.2 Å². The third-order valence-corrected chi connectivity index (χ3v) is 2.72. The van der Waals surface area contributed by atoms with Crippen LogP contribution in [0, 0.1) is 0 Å². The smallest absolute Gasteiger partial charge is 0.312 e. The Bertz CT molecular complexity index is 382. The molecule has 0 aliphatic carbocycles. The number of nitrogens with zero attached hydrogens (tertiary/aromatic N) is 2. The van der Waals surface area contributed by atoms with Crippen LogP contribution in [0.25, 0.3) is 0 Å². The Kier molecular flexibility index (Phi) is 2.91. The molecular formula is C10H14N2O4. The maximum Gasteiger partial charge on any atom is 0.312 e. The Balaban J connectivity index is 2.13. The van der Waals surface area contributed by atoms with Gasteiger partial charge >= 0.3 is 5.97 Å². The Morgan fingerprint density at radius 3 is 3.00 bits per heavy atom. The minimum absolute atomic E-state index is 0.147. The van der Waals surface area contributed by atoms with E-state index in [4.69, 9.17) is 14.3 Å². The van der Waals surface area contributed by atoms with Gasteiger partial charge < -0.3 is 14.3 Å². The van der Waals surface area contributed by atoms with Gasteiger partial charge in [-0.1, -0.05) is 0 Å². The zero-order valence-corrected chi connectivity index (χ0v) is 9.10. The van der Waals surface area contributed by atoms with Crippen molar-refractivity contribution in [2.45, 2.75) is 31.6 Å². The lowest BCUT2D eigenvalue weighted by atomic mass is 9.85. The molecule has 6 nitrogen and oxygen atoms in total. The highest BCUT2D eigenvalue weighted by atomic mass is 16.5. The van der Waals surface area contributed by atoms with Crippen LogP contribution in [0.4, 0.5) is 0 Å². The molecule has 0 radical (unpaired) electrons. The predicted octanol–water partition coefficient (Wildman–Crippen LogP) is 0.765. The van der Waals surface area contributed by atoms with Crippen LogP contribution in [0.2, 0.25) is 0 Å². The largest absolute Gasteiger partial charge is 0.481 e. The Morgan fingerprint density at radius 1 is 1.56 bits per heavy atom. The second-order valence-corrected chi connectivity index (χ2v) is 4.29. The monoisotopic (exact) mass is 226 g/mol. The van der Waals surface area contributed by atoms with Gasteiger partial charge in [-0.15, -0.1) is 10.2 Å². The van der Waals surface area contributed by atoms with E-state index < -0.39 is 5.97 Å². The van der Waals surface area contributed by atoms with E-state index >= 15 is 0 Å². The molecule has 2 heterocycles. The molecule has 1 aliphatic rings. The number of aromatic nitrogens is 2. The van der Waals surface area contributed by atoms with Crippen LogP contribution in [-0.2, 0) is 21.4 Å². The molecule has 1 unspecified atom stereocenters. The standard InChI is InChI=1S/C10H14N2O4/c1-10(3-2-4-15-6-10)9-12-11-7(16-9)5-8(13)14/h2-6H2,1H3,(H,13,14). The third-order valence-electron chi connectivity index (χ3n) is 2.72. The van der Waals surface area contributed by atoms with Gasteiger partial charge in [-0.25, -0.2) is 0 Å². The van der Waals surface area contributed by atoms with Crippen molar-refractivity contribution in [3.8, 4) is 0 Å². The van der Waals surface area contributed by atoms with E-state index in [-0.39, 0.29) is 17.7 Å². The summed E-state index contributed by atoms with van der Waals surface area (Å²) in [6.45, 7) is 3.29. The summed E-state index contributed by atoms with van der Waals surface area (Å²) < 4.78 is 10.7. The minimum Gasteiger partial charge on any atom is -0.481 e. The number of rotatable bonds is 3. The maximum absolute atomic E-state index is 10.5. The van der Waals surface area contributed by atoms with Crippen LogP contribution in [0.15, 0.2) is 4.42 Å². The number of hydrogen-bond donors (Lipinski definition) is 1. The predicted molar refractivity (Wildman–Crippen MR) is 53.0 cm³/mol. The first-order valence-corrected chi connectivity index (χ1v) is 5.22. The first kappa shape index (κ1) is 11.1. The molecule has 1 aromatic heterocycles. The molecule has 1 aliphatic heterocycles. The topological polar surface area (TPSA) is 85.5 Å². The first-order valence-electron chi connectivity index (χ1n) is 5.22. The lowest BCUT2D eigenvalue weighted by molar-refractivity contribution is -0.136. The summed E-state index contributed by atoms with van der Waals surface area (Å²) in [6.07, 6.45) is 1.64. The average Bonchev–Trinajstić information content (AvgIpc) is 2.67. The van der Waals surface area contributed by atoms with Crippen molar-refractivity contribution in [1.82, 2.24) is 10.2 Å². The number of carboxylic acid groups (broad SMARTS) is 1. The van der Waals surface area contributed by atoms with Gasteiger partial charge in [0.2, 0.25) is 11.8 Å². The van der Waals surface area contributed by atoms with Gasteiger partial charge in [-0.3, -0.25) is 4.79 Å². The number of aliphatic carboxylic acids is 1. The van der Waals surface area contributed by atoms with Crippen LogP contribution in [0.3, 0.4) is 0 Å². The normalized spacial score (nSPS) is 25.6. The van der Waals surface area contributed by atoms with E-state index in [1.807, 2.05) is 6.92 Å². The van der Waals surface area contributed by atoms with E-state index in [1.165, 1.54) is 0 Å². The van der Waals surface area contributed by atoms with Crippen molar-refractivity contribution >= 4 is 5.97 Å². The van der Waals surface area contributed by atoms with Gasteiger partial charge in [0.25, 0.3) is 0 Å². The van der Waals surface area contributed by atoms with Gasteiger partial charge in [-0.05, 0) is 19.8 Å². The van der Waals surface area contributed by atoms with Crippen molar-refractivity contribution in [1.29, 1.82) is 0 Å². The van der Waals surface area contributed by atoms with E-state index in [9.17, 15) is 4.79 Å². The summed E-state index contributed by atoms with van der Waals surface area (Å²) >= 11 is 0. The molecule has 1 saturated heterocycles. The van der Waals surface area contributed by atoms with Crippen molar-refractivity contribution in [3.05, 3.63) is 11.8 Å². The second-order valence-electron chi connectivity index (χ2n) is 4.29. The molecule has 1 N–H and O–H groups in total. The zero-order chi connectivity index (χ0) is 11.6. The number of hydrogen-bond acceptors (Lipinski definition) is 5. The van der Waals surface area contributed by atoms with Crippen LogP contribution in [-0.4, -0.2) is 34.5 Å². The van der Waals surface area contributed by atoms with E-state index in [1.54, 1.807) is 0 Å². The molecule has 1 aromatic rings.